The minimum absolute atomic E-state index is 0.0299. The Morgan fingerprint density at radius 1 is 0.947 bits per heavy atom. The molecule has 0 unspecified atom stereocenters. The lowest BCUT2D eigenvalue weighted by Crippen LogP contribution is -2.50. The van der Waals surface area contributed by atoms with Crippen molar-refractivity contribution >= 4 is 15.9 Å². The molecule has 0 aliphatic carbocycles. The van der Waals surface area contributed by atoms with E-state index in [0.717, 1.165) is 45.7 Å². The number of piperazine rings is 1. The molecule has 0 saturated carbocycles. The van der Waals surface area contributed by atoms with Gasteiger partial charge >= 0.3 is 0 Å². The van der Waals surface area contributed by atoms with Gasteiger partial charge in [-0.25, -0.2) is 8.42 Å². The molecule has 216 valence electrons. The van der Waals surface area contributed by atoms with Gasteiger partial charge in [0.05, 0.1) is 18.6 Å². The van der Waals surface area contributed by atoms with Crippen LogP contribution in [0.5, 0.6) is 5.75 Å². The molecule has 0 aromatic heterocycles. The van der Waals surface area contributed by atoms with E-state index < -0.39 is 10.0 Å². The number of amides is 1. The average Bonchev–Trinajstić information content (AvgIpc) is 3.09. The highest BCUT2D eigenvalue weighted by molar-refractivity contribution is 7.89. The summed E-state index contributed by atoms with van der Waals surface area (Å²) in [5, 5.41) is 0. The average molecular weight is 554 g/mol. The summed E-state index contributed by atoms with van der Waals surface area (Å²) in [5.41, 5.74) is 1.28. The third kappa shape index (κ3) is 8.62. The van der Waals surface area contributed by atoms with Gasteiger partial charge in [-0.1, -0.05) is 0 Å². The van der Waals surface area contributed by atoms with Crippen LogP contribution >= 0.6 is 0 Å². The van der Waals surface area contributed by atoms with Gasteiger partial charge in [0.15, 0.2) is 0 Å². The first-order chi connectivity index (χ1) is 18.1. The van der Waals surface area contributed by atoms with E-state index in [9.17, 15) is 13.2 Å². The smallest absolute Gasteiger partial charge is 0.248 e. The maximum absolute atomic E-state index is 13.1. The summed E-state index contributed by atoms with van der Waals surface area (Å²) < 4.78 is 38.3. The number of benzene rings is 1. The lowest BCUT2D eigenvalue weighted by atomic mass is 10.1. The molecule has 1 aromatic carbocycles. The minimum Gasteiger partial charge on any atom is -0.497 e. The highest BCUT2D eigenvalue weighted by atomic mass is 32.2. The third-order valence-electron chi connectivity index (χ3n) is 7.60. The van der Waals surface area contributed by atoms with Gasteiger partial charge in [0, 0.05) is 52.9 Å². The van der Waals surface area contributed by atoms with Gasteiger partial charge in [0.25, 0.3) is 0 Å². The van der Waals surface area contributed by atoms with Crippen LogP contribution < -0.4 is 4.74 Å². The summed E-state index contributed by atoms with van der Waals surface area (Å²) in [6.07, 6.45) is 2.40. The molecule has 0 bridgehead atoms. The number of carbonyl (C=O) groups excluding carboxylic acids is 1. The quantitative estimate of drug-likeness (QED) is 0.356. The van der Waals surface area contributed by atoms with Crippen molar-refractivity contribution in [3.05, 3.63) is 23.3 Å². The molecule has 2 aliphatic heterocycles. The van der Waals surface area contributed by atoms with Crippen LogP contribution in [0.25, 0.3) is 0 Å². The summed E-state index contributed by atoms with van der Waals surface area (Å²) in [6, 6.07) is 3.44. The van der Waals surface area contributed by atoms with Crippen LogP contribution in [-0.4, -0.2) is 145 Å². The summed E-state index contributed by atoms with van der Waals surface area (Å²) >= 11 is 0. The Morgan fingerprint density at radius 3 is 2.18 bits per heavy atom. The van der Waals surface area contributed by atoms with Crippen molar-refractivity contribution in [3.63, 3.8) is 0 Å². The van der Waals surface area contributed by atoms with Crippen LogP contribution in [0.1, 0.15) is 24.0 Å². The minimum atomic E-state index is -3.68. The Kier molecular flexibility index (Phi) is 11.8. The van der Waals surface area contributed by atoms with Crippen molar-refractivity contribution in [1.29, 1.82) is 0 Å². The number of hydrogen-bond donors (Lipinski definition) is 0. The predicted molar refractivity (Wildman–Crippen MR) is 149 cm³/mol. The van der Waals surface area contributed by atoms with Gasteiger partial charge in [-0.3, -0.25) is 9.69 Å². The van der Waals surface area contributed by atoms with Crippen molar-refractivity contribution in [3.8, 4) is 5.75 Å². The van der Waals surface area contributed by atoms with Crippen molar-refractivity contribution in [2.24, 2.45) is 0 Å². The Labute approximate surface area is 229 Å². The van der Waals surface area contributed by atoms with E-state index in [1.807, 2.05) is 4.90 Å². The number of hydrogen-bond acceptors (Lipinski definition) is 8. The molecule has 11 heteroatoms. The number of methoxy groups -OCH3 is 1. The highest BCUT2D eigenvalue weighted by Crippen LogP contribution is 2.27. The van der Waals surface area contributed by atoms with E-state index in [-0.39, 0.29) is 30.6 Å². The standard InChI is InChI=1S/C27H47N5O5S/c1-23-20-25(36-5)21-24(2)27(23)38(34,35)29(4)18-19-37-22-26(33)32-16-14-31(15-17-32)11-7-10-30-9-6-8-28(3)12-13-30/h20-21H,6-19,22H2,1-5H3. The Bertz CT molecular complexity index is 990. The molecule has 2 aliphatic rings. The summed E-state index contributed by atoms with van der Waals surface area (Å²) in [7, 11) is 1.61. The van der Waals surface area contributed by atoms with Gasteiger partial charge in [-0.2, -0.15) is 4.31 Å². The van der Waals surface area contributed by atoms with Crippen LogP contribution in [0.15, 0.2) is 17.0 Å². The number of sulfonamides is 1. The molecule has 0 spiro atoms. The van der Waals surface area contributed by atoms with E-state index >= 15 is 0 Å². The molecule has 0 atom stereocenters. The molecule has 0 radical (unpaired) electrons. The number of rotatable bonds is 12. The molecule has 2 heterocycles. The van der Waals surface area contributed by atoms with E-state index in [4.69, 9.17) is 9.47 Å². The van der Waals surface area contributed by atoms with Crippen LogP contribution in [-0.2, 0) is 19.6 Å². The van der Waals surface area contributed by atoms with Gasteiger partial charge in [0.2, 0.25) is 15.9 Å². The van der Waals surface area contributed by atoms with Gasteiger partial charge in [0.1, 0.15) is 12.4 Å². The first kappa shape index (κ1) is 30.8. The molecular weight excluding hydrogens is 506 g/mol. The zero-order valence-corrected chi connectivity index (χ0v) is 24.8. The lowest BCUT2D eigenvalue weighted by molar-refractivity contribution is -0.137. The molecule has 2 saturated heterocycles. The largest absolute Gasteiger partial charge is 0.497 e. The summed E-state index contributed by atoms with van der Waals surface area (Å²) in [6.45, 7) is 13.9. The molecular formula is C27H47N5O5S. The van der Waals surface area contributed by atoms with Crippen LogP contribution in [0, 0.1) is 13.8 Å². The molecule has 0 N–H and O–H groups in total. The Morgan fingerprint density at radius 2 is 1.55 bits per heavy atom. The first-order valence-electron chi connectivity index (χ1n) is 13.7. The van der Waals surface area contributed by atoms with E-state index in [2.05, 4.69) is 21.7 Å². The van der Waals surface area contributed by atoms with Crippen LogP contribution in [0.2, 0.25) is 0 Å². The molecule has 38 heavy (non-hydrogen) atoms. The summed E-state index contributed by atoms with van der Waals surface area (Å²) in [5.74, 6) is 0.594. The first-order valence-corrected chi connectivity index (χ1v) is 15.2. The fourth-order valence-electron chi connectivity index (χ4n) is 5.22. The van der Waals surface area contributed by atoms with Gasteiger partial charge in [-0.15, -0.1) is 0 Å². The van der Waals surface area contributed by atoms with Gasteiger partial charge < -0.3 is 24.2 Å². The van der Waals surface area contributed by atoms with Crippen molar-refractivity contribution < 1.29 is 22.7 Å². The molecule has 2 fully saturated rings. The van der Waals surface area contributed by atoms with Crippen LogP contribution in [0.4, 0.5) is 0 Å². The van der Waals surface area contributed by atoms with Crippen molar-refractivity contribution in [2.45, 2.75) is 31.6 Å². The topological polar surface area (TPSA) is 85.9 Å². The number of aryl methyl sites for hydroxylation is 2. The fraction of sp³-hybridized carbons (Fsp3) is 0.741. The molecule has 3 rings (SSSR count). The van der Waals surface area contributed by atoms with Crippen molar-refractivity contribution in [1.82, 2.24) is 23.9 Å². The number of nitrogens with zero attached hydrogens (tertiary/aromatic N) is 5. The monoisotopic (exact) mass is 553 g/mol. The van der Waals surface area contributed by atoms with E-state index in [1.165, 1.54) is 30.9 Å². The third-order valence-corrected chi connectivity index (χ3v) is 9.76. The molecule has 1 amide bonds. The molecule has 10 nitrogen and oxygen atoms in total. The van der Waals surface area contributed by atoms with Crippen LogP contribution in [0.3, 0.4) is 0 Å². The SMILES string of the molecule is COc1cc(C)c(S(=O)(=O)N(C)CCOCC(=O)N2CCN(CCCN3CCCN(C)CC3)CC2)c(C)c1. The Balaban J connectivity index is 1.33. The molecule has 1 aromatic rings. The van der Waals surface area contributed by atoms with E-state index in [0.29, 0.717) is 30.0 Å². The zero-order chi connectivity index (χ0) is 27.7. The number of ether oxygens (including phenoxy) is 2. The second-order valence-corrected chi connectivity index (χ2v) is 12.5. The van der Waals surface area contributed by atoms with Gasteiger partial charge in [-0.05, 0) is 83.2 Å². The normalized spacial score (nSPS) is 18.6. The summed E-state index contributed by atoms with van der Waals surface area (Å²) in [4.78, 5) is 22.2. The van der Waals surface area contributed by atoms with Crippen molar-refractivity contribution in [2.75, 3.05) is 106 Å². The van der Waals surface area contributed by atoms with E-state index in [1.54, 1.807) is 33.1 Å². The highest BCUT2D eigenvalue weighted by Gasteiger charge is 2.26. The number of likely N-dealkylation sites (N-methyl/N-ethyl adjacent to an activating group) is 2. The lowest BCUT2D eigenvalue weighted by Gasteiger charge is -2.35. The second-order valence-electron chi connectivity index (χ2n) is 10.5. The maximum atomic E-state index is 13.1. The number of carbonyl (C=O) groups is 1. The second kappa shape index (κ2) is 14.6. The maximum Gasteiger partial charge on any atom is 0.248 e. The Hall–Kier alpha value is -1.76. The fourth-order valence-corrected chi connectivity index (χ4v) is 6.78. The zero-order valence-electron chi connectivity index (χ0n) is 23.9. The predicted octanol–water partition coefficient (Wildman–Crippen LogP) is 1.12.